The van der Waals surface area contributed by atoms with E-state index in [1.807, 2.05) is 61.5 Å². The van der Waals surface area contributed by atoms with Crippen LogP contribution in [0, 0.1) is 5.92 Å². The average molecular weight is 432 g/mol. The van der Waals surface area contributed by atoms with Gasteiger partial charge in [0.25, 0.3) is 0 Å². The molecule has 166 valence electrons. The Kier molecular flexibility index (Phi) is 7.17. The molecule has 0 aliphatic carbocycles. The summed E-state index contributed by atoms with van der Waals surface area (Å²) in [6, 6.07) is 23.9. The monoisotopic (exact) mass is 431 g/mol. The van der Waals surface area contributed by atoms with E-state index in [0.29, 0.717) is 13.0 Å². The molecule has 5 heteroatoms. The summed E-state index contributed by atoms with van der Waals surface area (Å²) < 4.78 is 11.2. The van der Waals surface area contributed by atoms with Gasteiger partial charge in [-0.1, -0.05) is 86.1 Å². The standard InChI is InChI=1S/C27H29NO4/c1-2-9-24-19-32-27(30)28(24)26(29)23(18-31-17-20-10-4-3-5-11-20)16-22-14-8-13-21-12-6-7-15-25(21)22/h3-8,10-15,23-24H,2,9,16-19H2,1H3/t23-,24-/m1/s1. The van der Waals surface area contributed by atoms with E-state index in [9.17, 15) is 9.59 Å². The minimum absolute atomic E-state index is 0.204. The van der Waals surface area contributed by atoms with Crippen LogP contribution in [0.4, 0.5) is 4.79 Å². The highest BCUT2D eigenvalue weighted by Crippen LogP contribution is 2.25. The van der Waals surface area contributed by atoms with Gasteiger partial charge in [-0.05, 0) is 34.7 Å². The van der Waals surface area contributed by atoms with E-state index in [-0.39, 0.29) is 25.2 Å². The van der Waals surface area contributed by atoms with Crippen molar-refractivity contribution < 1.29 is 19.1 Å². The smallest absolute Gasteiger partial charge is 0.416 e. The maximum atomic E-state index is 13.6. The highest BCUT2D eigenvalue weighted by molar-refractivity contribution is 5.95. The van der Waals surface area contributed by atoms with Gasteiger partial charge in [-0.15, -0.1) is 0 Å². The van der Waals surface area contributed by atoms with Crippen molar-refractivity contribution in [2.75, 3.05) is 13.2 Å². The lowest BCUT2D eigenvalue weighted by Crippen LogP contribution is -2.44. The topological polar surface area (TPSA) is 55.8 Å². The van der Waals surface area contributed by atoms with Gasteiger partial charge in [0.1, 0.15) is 6.61 Å². The largest absolute Gasteiger partial charge is 0.447 e. The van der Waals surface area contributed by atoms with Crippen LogP contribution in [0.2, 0.25) is 0 Å². The number of nitrogens with zero attached hydrogens (tertiary/aromatic N) is 1. The molecular weight excluding hydrogens is 402 g/mol. The first-order valence-corrected chi connectivity index (χ1v) is 11.3. The van der Waals surface area contributed by atoms with Crippen LogP contribution in [0.15, 0.2) is 72.8 Å². The van der Waals surface area contributed by atoms with Gasteiger partial charge < -0.3 is 9.47 Å². The number of carbonyl (C=O) groups excluding carboxylic acids is 2. The lowest BCUT2D eigenvalue weighted by molar-refractivity contribution is -0.135. The number of benzene rings is 3. The zero-order valence-corrected chi connectivity index (χ0v) is 18.4. The molecule has 3 aromatic rings. The van der Waals surface area contributed by atoms with Crippen molar-refractivity contribution in [3.8, 4) is 0 Å². The number of carbonyl (C=O) groups is 2. The van der Waals surface area contributed by atoms with E-state index in [1.165, 1.54) is 4.90 Å². The number of hydrogen-bond acceptors (Lipinski definition) is 4. The van der Waals surface area contributed by atoms with E-state index in [4.69, 9.17) is 9.47 Å². The van der Waals surface area contributed by atoms with Crippen LogP contribution in [0.5, 0.6) is 0 Å². The van der Waals surface area contributed by atoms with Gasteiger partial charge in [0.15, 0.2) is 0 Å². The molecule has 4 rings (SSSR count). The summed E-state index contributed by atoms with van der Waals surface area (Å²) in [6.07, 6.45) is 1.57. The minimum Gasteiger partial charge on any atom is -0.447 e. The van der Waals surface area contributed by atoms with E-state index < -0.39 is 12.0 Å². The Morgan fingerprint density at radius 2 is 1.81 bits per heavy atom. The van der Waals surface area contributed by atoms with Gasteiger partial charge >= 0.3 is 6.09 Å². The van der Waals surface area contributed by atoms with E-state index in [1.54, 1.807) is 0 Å². The number of fused-ring (bicyclic) bond motifs is 1. The van der Waals surface area contributed by atoms with Gasteiger partial charge in [0.05, 0.1) is 25.2 Å². The van der Waals surface area contributed by atoms with Gasteiger partial charge in [-0.25, -0.2) is 9.69 Å². The molecule has 5 nitrogen and oxygen atoms in total. The first-order valence-electron chi connectivity index (χ1n) is 11.3. The average Bonchev–Trinajstić information content (AvgIpc) is 3.19. The maximum absolute atomic E-state index is 13.6. The number of cyclic esters (lactones) is 1. The van der Waals surface area contributed by atoms with Crippen LogP contribution in [-0.2, 0) is 27.3 Å². The third kappa shape index (κ3) is 5.00. The molecule has 0 unspecified atom stereocenters. The Morgan fingerprint density at radius 1 is 1.06 bits per heavy atom. The number of ether oxygens (including phenoxy) is 2. The van der Waals surface area contributed by atoms with Crippen LogP contribution < -0.4 is 0 Å². The van der Waals surface area contributed by atoms with Crippen molar-refractivity contribution in [2.45, 2.75) is 38.8 Å². The predicted octanol–water partition coefficient (Wildman–Crippen LogP) is 5.36. The Hall–Kier alpha value is -3.18. The van der Waals surface area contributed by atoms with Crippen molar-refractivity contribution in [3.63, 3.8) is 0 Å². The molecule has 3 aromatic carbocycles. The van der Waals surface area contributed by atoms with E-state index in [0.717, 1.165) is 34.7 Å². The highest BCUT2D eigenvalue weighted by atomic mass is 16.6. The minimum atomic E-state index is -0.542. The van der Waals surface area contributed by atoms with Crippen LogP contribution in [-0.4, -0.2) is 36.2 Å². The third-order valence-corrected chi connectivity index (χ3v) is 5.95. The maximum Gasteiger partial charge on any atom is 0.416 e. The molecule has 2 atom stereocenters. The Bertz CT molecular complexity index is 1060. The van der Waals surface area contributed by atoms with Crippen LogP contribution in [0.3, 0.4) is 0 Å². The summed E-state index contributed by atoms with van der Waals surface area (Å²) >= 11 is 0. The highest BCUT2D eigenvalue weighted by Gasteiger charge is 2.40. The summed E-state index contributed by atoms with van der Waals surface area (Å²) in [5, 5.41) is 2.25. The van der Waals surface area contributed by atoms with Gasteiger partial charge in [0, 0.05) is 0 Å². The molecule has 0 N–H and O–H groups in total. The number of rotatable bonds is 9. The first-order chi connectivity index (χ1) is 15.7. The summed E-state index contributed by atoms with van der Waals surface area (Å²) in [4.78, 5) is 27.3. The van der Waals surface area contributed by atoms with Gasteiger partial charge in [0.2, 0.25) is 5.91 Å². The lowest BCUT2D eigenvalue weighted by Gasteiger charge is -2.25. The molecule has 1 aliphatic rings. The van der Waals surface area contributed by atoms with Crippen molar-refractivity contribution in [2.24, 2.45) is 5.92 Å². The normalized spacial score (nSPS) is 16.8. The summed E-state index contributed by atoms with van der Waals surface area (Å²) in [5.74, 6) is -0.693. The zero-order chi connectivity index (χ0) is 22.3. The van der Waals surface area contributed by atoms with Crippen molar-refractivity contribution in [3.05, 3.63) is 83.9 Å². The number of imide groups is 1. The third-order valence-electron chi connectivity index (χ3n) is 5.95. The Balaban J connectivity index is 1.57. The van der Waals surface area contributed by atoms with Gasteiger partial charge in [-0.3, -0.25) is 4.79 Å². The second-order valence-electron chi connectivity index (χ2n) is 8.27. The number of amides is 2. The molecule has 2 amide bonds. The fourth-order valence-electron chi connectivity index (χ4n) is 4.32. The zero-order valence-electron chi connectivity index (χ0n) is 18.4. The Labute approximate surface area is 188 Å². The fraction of sp³-hybridized carbons (Fsp3) is 0.333. The molecule has 0 aromatic heterocycles. The lowest BCUT2D eigenvalue weighted by atomic mass is 9.94. The molecule has 0 bridgehead atoms. The Morgan fingerprint density at radius 3 is 2.62 bits per heavy atom. The number of hydrogen-bond donors (Lipinski definition) is 0. The van der Waals surface area contributed by atoms with Crippen molar-refractivity contribution >= 4 is 22.8 Å². The van der Waals surface area contributed by atoms with Crippen molar-refractivity contribution in [1.29, 1.82) is 0 Å². The molecule has 1 saturated heterocycles. The first kappa shape index (κ1) is 22.0. The molecule has 1 aliphatic heterocycles. The van der Waals surface area contributed by atoms with E-state index >= 15 is 0 Å². The molecular formula is C27H29NO4. The molecule has 1 heterocycles. The second kappa shape index (κ2) is 10.4. The molecule has 0 radical (unpaired) electrons. The second-order valence-corrected chi connectivity index (χ2v) is 8.27. The molecule has 0 saturated carbocycles. The van der Waals surface area contributed by atoms with Crippen LogP contribution in [0.25, 0.3) is 10.8 Å². The summed E-state index contributed by atoms with van der Waals surface area (Å²) in [6.45, 7) is 2.97. The van der Waals surface area contributed by atoms with Crippen LogP contribution >= 0.6 is 0 Å². The quantitative estimate of drug-likeness (QED) is 0.457. The van der Waals surface area contributed by atoms with E-state index in [2.05, 4.69) is 18.2 Å². The summed E-state index contributed by atoms with van der Waals surface area (Å²) in [5.41, 5.74) is 2.12. The molecule has 0 spiro atoms. The van der Waals surface area contributed by atoms with Crippen molar-refractivity contribution in [1.82, 2.24) is 4.90 Å². The van der Waals surface area contributed by atoms with Gasteiger partial charge in [-0.2, -0.15) is 0 Å². The molecule has 1 fully saturated rings. The predicted molar refractivity (Wildman–Crippen MR) is 124 cm³/mol. The molecule has 32 heavy (non-hydrogen) atoms. The fourth-order valence-corrected chi connectivity index (χ4v) is 4.32. The SMILES string of the molecule is CCC[C@@H]1COC(=O)N1C(=O)[C@@H](COCc1ccccc1)Cc1cccc2ccccc12. The summed E-state index contributed by atoms with van der Waals surface area (Å²) in [7, 11) is 0. The van der Waals surface area contributed by atoms with Crippen LogP contribution in [0.1, 0.15) is 30.9 Å².